The third-order valence-electron chi connectivity index (χ3n) is 4.06. The number of nitrogens with zero attached hydrogens (tertiary/aromatic N) is 1. The highest BCUT2D eigenvalue weighted by atomic mass is 35.5. The number of oxazole rings is 1. The van der Waals surface area contributed by atoms with E-state index in [4.69, 9.17) is 32.4 Å². The highest BCUT2D eigenvalue weighted by Crippen LogP contribution is 2.27. The summed E-state index contributed by atoms with van der Waals surface area (Å²) in [6.45, 7) is 2.44. The van der Waals surface area contributed by atoms with Gasteiger partial charge in [0.25, 0.3) is 0 Å². The van der Waals surface area contributed by atoms with Gasteiger partial charge in [-0.15, -0.1) is 0 Å². The molecule has 3 rings (SSSR count). The van der Waals surface area contributed by atoms with Gasteiger partial charge in [0.2, 0.25) is 5.91 Å². The Balaban J connectivity index is 1.51. The lowest BCUT2D eigenvalue weighted by Crippen LogP contribution is -2.35. The number of hydrogen-bond acceptors (Lipinski definition) is 4. The van der Waals surface area contributed by atoms with E-state index in [1.807, 2.05) is 0 Å². The Bertz CT molecular complexity index is 1010. The minimum atomic E-state index is -0.687. The molecule has 1 aromatic heterocycles. The summed E-state index contributed by atoms with van der Waals surface area (Å²) in [7, 11) is 0. The second-order valence-corrected chi connectivity index (χ2v) is 6.79. The first-order chi connectivity index (χ1) is 13.0. The Hall–Kier alpha value is -2.44. The maximum Gasteiger partial charge on any atom is 0.420 e. The van der Waals surface area contributed by atoms with E-state index >= 15 is 0 Å². The summed E-state index contributed by atoms with van der Waals surface area (Å²) in [5.41, 5.74) is 1.04. The molecule has 0 aliphatic carbocycles. The summed E-state index contributed by atoms with van der Waals surface area (Å²) in [6, 6.07) is 11.3. The minimum absolute atomic E-state index is 0.270. The second kappa shape index (κ2) is 8.50. The van der Waals surface area contributed by atoms with Gasteiger partial charge in [-0.25, -0.2) is 4.79 Å². The molecular weight excluding hydrogens is 391 g/mol. The van der Waals surface area contributed by atoms with Crippen LogP contribution in [-0.4, -0.2) is 23.6 Å². The predicted octanol–water partition coefficient (Wildman–Crippen LogP) is 4.05. The van der Waals surface area contributed by atoms with Crippen LogP contribution in [0.5, 0.6) is 5.75 Å². The number of amides is 1. The number of nitrogens with one attached hydrogen (secondary N) is 1. The fourth-order valence-corrected chi connectivity index (χ4v) is 3.14. The summed E-state index contributed by atoms with van der Waals surface area (Å²) < 4.78 is 12.1. The third-order valence-corrected chi connectivity index (χ3v) is 4.59. The molecule has 0 saturated heterocycles. The molecule has 8 heteroatoms. The van der Waals surface area contributed by atoms with Crippen LogP contribution in [0.25, 0.3) is 11.1 Å². The summed E-state index contributed by atoms with van der Waals surface area (Å²) in [6.07, 6.45) is 0.582. The van der Waals surface area contributed by atoms with Crippen molar-refractivity contribution in [1.29, 1.82) is 0 Å². The van der Waals surface area contributed by atoms with Crippen molar-refractivity contribution >= 4 is 40.2 Å². The molecule has 142 valence electrons. The van der Waals surface area contributed by atoms with Gasteiger partial charge in [0.15, 0.2) is 5.58 Å². The fraction of sp³-hybridized carbons (Fsp3) is 0.263. The summed E-state index contributed by atoms with van der Waals surface area (Å²) in [5, 5.41) is 3.77. The van der Waals surface area contributed by atoms with Crippen LogP contribution in [0.1, 0.15) is 19.4 Å². The van der Waals surface area contributed by atoms with Crippen LogP contribution in [0.15, 0.2) is 51.7 Å². The molecule has 2 aromatic carbocycles. The molecule has 0 fully saturated rings. The molecule has 0 bridgehead atoms. The first kappa shape index (κ1) is 19.3. The minimum Gasteiger partial charge on any atom is -0.492 e. The molecule has 1 N–H and O–H groups in total. The molecule has 27 heavy (non-hydrogen) atoms. The topological polar surface area (TPSA) is 73.5 Å². The maximum absolute atomic E-state index is 12.4. The van der Waals surface area contributed by atoms with E-state index in [-0.39, 0.29) is 5.91 Å². The van der Waals surface area contributed by atoms with E-state index < -0.39 is 11.8 Å². The molecule has 0 radical (unpaired) electrons. The van der Waals surface area contributed by atoms with E-state index in [0.717, 1.165) is 0 Å². The fourth-order valence-electron chi connectivity index (χ4n) is 2.67. The molecule has 1 amide bonds. The van der Waals surface area contributed by atoms with Gasteiger partial charge in [0.05, 0.1) is 17.1 Å². The van der Waals surface area contributed by atoms with Crippen molar-refractivity contribution in [1.82, 2.24) is 9.88 Å². The van der Waals surface area contributed by atoms with Crippen LogP contribution in [0.3, 0.4) is 0 Å². The summed E-state index contributed by atoms with van der Waals surface area (Å²) >= 11 is 11.9. The second-order valence-electron chi connectivity index (χ2n) is 5.95. The zero-order valence-electron chi connectivity index (χ0n) is 14.6. The van der Waals surface area contributed by atoms with Gasteiger partial charge in [0, 0.05) is 11.6 Å². The molecular formula is C19H18Cl2N2O4. The standard InChI is InChI=1S/C19H18Cl2N2O4/c1-12(23-15-5-2-3-6-17(15)27-19(23)25)18(24)22-9-4-10-26-16-8-7-13(20)11-14(16)21/h2-3,5-8,11-12H,4,9-10H2,1H3,(H,22,24). The van der Waals surface area contributed by atoms with Crippen molar-refractivity contribution in [3.05, 3.63) is 63.1 Å². The van der Waals surface area contributed by atoms with Crippen molar-refractivity contribution in [3.63, 3.8) is 0 Å². The summed E-state index contributed by atoms with van der Waals surface area (Å²) in [5.74, 6) is -0.287. The molecule has 1 unspecified atom stereocenters. The highest BCUT2D eigenvalue weighted by molar-refractivity contribution is 6.35. The van der Waals surface area contributed by atoms with Crippen molar-refractivity contribution in [2.45, 2.75) is 19.4 Å². The normalized spacial score (nSPS) is 12.1. The van der Waals surface area contributed by atoms with Gasteiger partial charge in [-0.05, 0) is 43.7 Å². The van der Waals surface area contributed by atoms with Gasteiger partial charge in [-0.2, -0.15) is 0 Å². The number of halogens is 2. The van der Waals surface area contributed by atoms with Gasteiger partial charge in [-0.3, -0.25) is 9.36 Å². The first-order valence-corrected chi connectivity index (χ1v) is 9.18. The smallest absolute Gasteiger partial charge is 0.420 e. The largest absolute Gasteiger partial charge is 0.492 e. The lowest BCUT2D eigenvalue weighted by molar-refractivity contribution is -0.123. The number of carbonyl (C=O) groups excluding carboxylic acids is 1. The van der Waals surface area contributed by atoms with E-state index in [1.165, 1.54) is 4.57 Å². The van der Waals surface area contributed by atoms with Crippen molar-refractivity contribution in [3.8, 4) is 5.75 Å². The molecule has 0 aliphatic heterocycles. The Morgan fingerprint density at radius 3 is 2.81 bits per heavy atom. The average Bonchev–Trinajstić information content (AvgIpc) is 2.97. The number of hydrogen-bond donors (Lipinski definition) is 1. The highest BCUT2D eigenvalue weighted by Gasteiger charge is 2.20. The third kappa shape index (κ3) is 4.46. The molecule has 1 heterocycles. The molecule has 1 atom stereocenters. The van der Waals surface area contributed by atoms with E-state index in [1.54, 1.807) is 49.4 Å². The predicted molar refractivity (Wildman–Crippen MR) is 105 cm³/mol. The van der Waals surface area contributed by atoms with Crippen LogP contribution in [-0.2, 0) is 4.79 Å². The average molecular weight is 409 g/mol. The van der Waals surface area contributed by atoms with Gasteiger partial charge in [-0.1, -0.05) is 35.3 Å². The van der Waals surface area contributed by atoms with E-state index in [2.05, 4.69) is 5.32 Å². The number of para-hydroxylation sites is 2. The zero-order valence-corrected chi connectivity index (χ0v) is 16.1. The Morgan fingerprint density at radius 2 is 2.04 bits per heavy atom. The van der Waals surface area contributed by atoms with E-state index in [0.29, 0.717) is 46.5 Å². The van der Waals surface area contributed by atoms with Gasteiger partial charge < -0.3 is 14.5 Å². The van der Waals surface area contributed by atoms with Crippen LogP contribution >= 0.6 is 23.2 Å². The van der Waals surface area contributed by atoms with Crippen LogP contribution in [0, 0.1) is 0 Å². The van der Waals surface area contributed by atoms with Crippen molar-refractivity contribution in [2.24, 2.45) is 0 Å². The molecule has 0 saturated carbocycles. The zero-order chi connectivity index (χ0) is 19.4. The SMILES string of the molecule is CC(C(=O)NCCCOc1ccc(Cl)cc1Cl)n1c(=O)oc2ccccc21. The van der Waals surface area contributed by atoms with E-state index in [9.17, 15) is 9.59 Å². The molecule has 0 aliphatic rings. The van der Waals surface area contributed by atoms with Gasteiger partial charge >= 0.3 is 5.76 Å². The quantitative estimate of drug-likeness (QED) is 0.598. The Morgan fingerprint density at radius 1 is 1.26 bits per heavy atom. The van der Waals surface area contributed by atoms with Crippen molar-refractivity contribution in [2.75, 3.05) is 13.2 Å². The lowest BCUT2D eigenvalue weighted by atomic mass is 10.2. The number of ether oxygens (including phenoxy) is 1. The van der Waals surface area contributed by atoms with Gasteiger partial charge in [0.1, 0.15) is 11.8 Å². The van der Waals surface area contributed by atoms with Crippen molar-refractivity contribution < 1.29 is 13.9 Å². The molecule has 3 aromatic rings. The number of carbonyl (C=O) groups is 1. The summed E-state index contributed by atoms with van der Waals surface area (Å²) in [4.78, 5) is 24.4. The number of fused-ring (bicyclic) bond motifs is 1. The lowest BCUT2D eigenvalue weighted by Gasteiger charge is -2.13. The van der Waals surface area contributed by atoms with Crippen LogP contribution < -0.4 is 15.8 Å². The first-order valence-electron chi connectivity index (χ1n) is 8.43. The van der Waals surface area contributed by atoms with Crippen LogP contribution in [0.2, 0.25) is 10.0 Å². The monoisotopic (exact) mass is 408 g/mol. The number of benzene rings is 2. The van der Waals surface area contributed by atoms with Crippen LogP contribution in [0.4, 0.5) is 0 Å². The Labute approximate surface area is 165 Å². The Kier molecular flexibility index (Phi) is 6.08. The molecule has 0 spiro atoms. The molecule has 6 nitrogen and oxygen atoms in total. The number of aromatic nitrogens is 1. The number of rotatable bonds is 7. The maximum atomic E-state index is 12.4.